The Morgan fingerprint density at radius 2 is 2.00 bits per heavy atom. The highest BCUT2D eigenvalue weighted by Gasteiger charge is 2.35. The van der Waals surface area contributed by atoms with Crippen LogP contribution >= 0.6 is 11.3 Å². The van der Waals surface area contributed by atoms with Gasteiger partial charge in [0.15, 0.2) is 11.5 Å². The second-order valence-corrected chi connectivity index (χ2v) is 9.05. The molecule has 0 aliphatic carbocycles. The van der Waals surface area contributed by atoms with E-state index < -0.39 is 17.9 Å². The largest absolute Gasteiger partial charge is 0.451 e. The van der Waals surface area contributed by atoms with Gasteiger partial charge in [-0.25, -0.2) is 19.9 Å². The zero-order valence-corrected chi connectivity index (χ0v) is 20.2. The standard InChI is InChI=1S/C21H18F3N9O3S/c1-11-3-13(30-36-11)6-33-10-31(2)17-16(19(33)35)32(9-27-17)7-15(34)28-14-8-37-18(29-14)12-4-25-20(26-5-12)21(22,23)24/h3-5,8-9H,6-7,10H2,1-2H3,(H,28,34). The highest BCUT2D eigenvalue weighted by atomic mass is 32.1. The number of carbonyl (C=O) groups excluding carboxylic acids is 2. The summed E-state index contributed by atoms with van der Waals surface area (Å²) >= 11 is 1.11. The summed E-state index contributed by atoms with van der Waals surface area (Å²) in [6.45, 7) is 2.06. The Labute approximate surface area is 210 Å². The van der Waals surface area contributed by atoms with E-state index in [-0.39, 0.29) is 42.7 Å². The van der Waals surface area contributed by atoms with E-state index in [4.69, 9.17) is 4.52 Å². The van der Waals surface area contributed by atoms with Crippen molar-refractivity contribution in [2.45, 2.75) is 26.2 Å². The van der Waals surface area contributed by atoms with Crippen molar-refractivity contribution in [1.82, 2.24) is 34.6 Å². The van der Waals surface area contributed by atoms with Gasteiger partial charge in [0.25, 0.3) is 5.91 Å². The Kier molecular flexibility index (Phi) is 6.10. The number of amides is 2. The van der Waals surface area contributed by atoms with Crippen LogP contribution in [0.4, 0.5) is 24.8 Å². The number of hydrogen-bond donors (Lipinski definition) is 1. The molecule has 1 aliphatic rings. The molecule has 0 bridgehead atoms. The summed E-state index contributed by atoms with van der Waals surface area (Å²) in [6, 6.07) is 1.74. The second-order valence-electron chi connectivity index (χ2n) is 8.20. The van der Waals surface area contributed by atoms with E-state index in [0.29, 0.717) is 22.3 Å². The minimum absolute atomic E-state index is 0.199. The topological polar surface area (TPSA) is 135 Å². The lowest BCUT2D eigenvalue weighted by Crippen LogP contribution is -2.45. The Bertz CT molecular complexity index is 1460. The number of nitrogens with zero attached hydrogens (tertiary/aromatic N) is 8. The summed E-state index contributed by atoms with van der Waals surface area (Å²) in [4.78, 5) is 44.4. The molecule has 0 unspecified atom stereocenters. The van der Waals surface area contributed by atoms with Crippen molar-refractivity contribution >= 4 is 34.8 Å². The first kappa shape index (κ1) is 24.4. The van der Waals surface area contributed by atoms with Gasteiger partial charge in [-0.1, -0.05) is 5.16 Å². The average molecular weight is 533 g/mol. The summed E-state index contributed by atoms with van der Waals surface area (Å²) in [5.74, 6) is -0.752. The van der Waals surface area contributed by atoms with Crippen LogP contribution in [0.3, 0.4) is 0 Å². The third kappa shape index (κ3) is 5.00. The molecular weight excluding hydrogens is 515 g/mol. The third-order valence-electron chi connectivity index (χ3n) is 5.32. The van der Waals surface area contributed by atoms with Crippen molar-refractivity contribution in [2.75, 3.05) is 23.9 Å². The van der Waals surface area contributed by atoms with Crippen molar-refractivity contribution in [1.29, 1.82) is 0 Å². The number of anilines is 2. The van der Waals surface area contributed by atoms with E-state index in [9.17, 15) is 22.8 Å². The summed E-state index contributed by atoms with van der Waals surface area (Å²) in [7, 11) is 1.78. The van der Waals surface area contributed by atoms with Crippen LogP contribution < -0.4 is 10.2 Å². The molecule has 4 aromatic rings. The fourth-order valence-electron chi connectivity index (χ4n) is 3.72. The Hall–Kier alpha value is -4.34. The Morgan fingerprint density at radius 3 is 2.68 bits per heavy atom. The smallest absolute Gasteiger partial charge is 0.361 e. The minimum Gasteiger partial charge on any atom is -0.361 e. The molecule has 16 heteroatoms. The predicted molar refractivity (Wildman–Crippen MR) is 123 cm³/mol. The first-order chi connectivity index (χ1) is 17.6. The van der Waals surface area contributed by atoms with Gasteiger partial charge in [-0.2, -0.15) is 13.2 Å². The lowest BCUT2D eigenvalue weighted by molar-refractivity contribution is -0.145. The molecule has 2 amide bonds. The lowest BCUT2D eigenvalue weighted by atomic mass is 10.2. The van der Waals surface area contributed by atoms with Gasteiger partial charge in [0.1, 0.15) is 28.8 Å². The van der Waals surface area contributed by atoms with Gasteiger partial charge < -0.3 is 24.2 Å². The number of fused-ring (bicyclic) bond motifs is 1. The summed E-state index contributed by atoms with van der Waals surface area (Å²) in [5, 5.41) is 8.42. The van der Waals surface area contributed by atoms with E-state index >= 15 is 0 Å². The van der Waals surface area contributed by atoms with Crippen LogP contribution in [0, 0.1) is 6.92 Å². The van der Waals surface area contributed by atoms with Gasteiger partial charge >= 0.3 is 6.18 Å². The molecule has 0 spiro atoms. The number of nitrogens with one attached hydrogen (secondary N) is 1. The molecule has 0 saturated heterocycles. The molecule has 37 heavy (non-hydrogen) atoms. The number of hydrogen-bond acceptors (Lipinski definition) is 10. The maximum absolute atomic E-state index is 13.2. The van der Waals surface area contributed by atoms with Crippen LogP contribution in [0.15, 0.2) is 34.7 Å². The quantitative estimate of drug-likeness (QED) is 0.397. The number of halogens is 3. The van der Waals surface area contributed by atoms with Crippen LogP contribution in [0.5, 0.6) is 0 Å². The van der Waals surface area contributed by atoms with Crippen molar-refractivity contribution in [3.8, 4) is 10.6 Å². The fourth-order valence-corrected chi connectivity index (χ4v) is 4.45. The van der Waals surface area contributed by atoms with E-state index in [0.717, 1.165) is 23.7 Å². The van der Waals surface area contributed by atoms with Crippen molar-refractivity contribution in [3.63, 3.8) is 0 Å². The molecule has 0 atom stereocenters. The molecule has 0 radical (unpaired) electrons. The number of imidazole rings is 1. The molecule has 0 saturated carbocycles. The van der Waals surface area contributed by atoms with E-state index in [2.05, 4.69) is 30.4 Å². The maximum atomic E-state index is 13.2. The molecule has 192 valence electrons. The lowest BCUT2D eigenvalue weighted by Gasteiger charge is -2.33. The summed E-state index contributed by atoms with van der Waals surface area (Å²) in [6.07, 6.45) is -1.19. The summed E-state index contributed by atoms with van der Waals surface area (Å²) in [5.41, 5.74) is 1.13. The zero-order chi connectivity index (χ0) is 26.3. The Balaban J connectivity index is 1.27. The zero-order valence-electron chi connectivity index (χ0n) is 19.4. The number of alkyl halides is 3. The molecule has 4 aromatic heterocycles. The van der Waals surface area contributed by atoms with Crippen molar-refractivity contribution < 1.29 is 27.3 Å². The van der Waals surface area contributed by atoms with Crippen LogP contribution in [-0.4, -0.2) is 60.1 Å². The van der Waals surface area contributed by atoms with Gasteiger partial charge in [-0.3, -0.25) is 9.59 Å². The molecule has 0 aromatic carbocycles. The number of aromatic nitrogens is 6. The first-order valence-electron chi connectivity index (χ1n) is 10.7. The van der Waals surface area contributed by atoms with Crippen molar-refractivity contribution in [3.05, 3.63) is 53.1 Å². The van der Waals surface area contributed by atoms with E-state index in [1.165, 1.54) is 16.3 Å². The van der Waals surface area contributed by atoms with Crippen LogP contribution in [0.2, 0.25) is 0 Å². The van der Waals surface area contributed by atoms with Crippen LogP contribution in [0.1, 0.15) is 27.8 Å². The highest BCUT2D eigenvalue weighted by molar-refractivity contribution is 7.13. The molecular formula is C21H18F3N9O3S. The molecule has 0 fully saturated rings. The third-order valence-corrected chi connectivity index (χ3v) is 6.21. The predicted octanol–water partition coefficient (Wildman–Crippen LogP) is 2.80. The Morgan fingerprint density at radius 1 is 1.24 bits per heavy atom. The number of aryl methyl sites for hydroxylation is 1. The highest BCUT2D eigenvalue weighted by Crippen LogP contribution is 2.29. The molecule has 1 aliphatic heterocycles. The molecule has 5 rings (SSSR count). The number of carbonyl (C=O) groups is 2. The van der Waals surface area contributed by atoms with Gasteiger partial charge in [0.05, 0.1) is 19.5 Å². The van der Waals surface area contributed by atoms with Crippen molar-refractivity contribution in [2.24, 2.45) is 0 Å². The average Bonchev–Trinajstić information content (AvgIpc) is 3.57. The van der Waals surface area contributed by atoms with Gasteiger partial charge in [-0.05, 0) is 6.92 Å². The minimum atomic E-state index is -4.64. The van der Waals surface area contributed by atoms with E-state index in [1.54, 1.807) is 29.8 Å². The first-order valence-corrected chi connectivity index (χ1v) is 11.6. The van der Waals surface area contributed by atoms with Crippen LogP contribution in [0.25, 0.3) is 10.6 Å². The number of rotatable bonds is 6. The second kappa shape index (κ2) is 9.27. The SMILES string of the molecule is Cc1cc(CN2CN(C)c3ncn(CC(=O)Nc4csc(-c5cnc(C(F)(F)F)nc5)n4)c3C2=O)no1. The monoisotopic (exact) mass is 533 g/mol. The molecule has 12 nitrogen and oxygen atoms in total. The summed E-state index contributed by atoms with van der Waals surface area (Å²) < 4.78 is 44.5. The van der Waals surface area contributed by atoms with Gasteiger partial charge in [0.2, 0.25) is 11.7 Å². The van der Waals surface area contributed by atoms with Gasteiger partial charge in [0, 0.05) is 36.5 Å². The normalized spacial score (nSPS) is 13.7. The van der Waals surface area contributed by atoms with E-state index in [1.807, 2.05) is 0 Å². The number of thiazole rings is 1. The molecule has 1 N–H and O–H groups in total. The fraction of sp³-hybridized carbons (Fsp3) is 0.286. The van der Waals surface area contributed by atoms with Gasteiger partial charge in [-0.15, -0.1) is 11.3 Å². The maximum Gasteiger partial charge on any atom is 0.451 e. The van der Waals surface area contributed by atoms with Crippen LogP contribution in [-0.2, 0) is 24.1 Å². The molecule has 5 heterocycles.